The summed E-state index contributed by atoms with van der Waals surface area (Å²) >= 11 is 1.50. The maximum atomic E-state index is 13.3. The van der Waals surface area contributed by atoms with Crippen molar-refractivity contribution < 1.29 is 19.4 Å². The fraction of sp³-hybridized carbons (Fsp3) is 0.462. The summed E-state index contributed by atoms with van der Waals surface area (Å²) in [6, 6.07) is 8.95. The summed E-state index contributed by atoms with van der Waals surface area (Å²) in [5, 5.41) is 13.4. The van der Waals surface area contributed by atoms with Crippen molar-refractivity contribution in [2.24, 2.45) is 0 Å². The van der Waals surface area contributed by atoms with Crippen molar-refractivity contribution in [3.05, 3.63) is 57.3 Å². The predicted molar refractivity (Wildman–Crippen MR) is 127 cm³/mol. The van der Waals surface area contributed by atoms with Crippen LogP contribution in [0.3, 0.4) is 0 Å². The zero-order valence-electron chi connectivity index (χ0n) is 19.2. The summed E-state index contributed by atoms with van der Waals surface area (Å²) in [7, 11) is 1.54. The average Bonchev–Trinajstić information content (AvgIpc) is 3.40. The van der Waals surface area contributed by atoms with Crippen LogP contribution in [-0.4, -0.2) is 34.8 Å². The number of aliphatic hydroxyl groups is 1. The summed E-state index contributed by atoms with van der Waals surface area (Å²) in [5.41, 5.74) is 1.47. The highest BCUT2D eigenvalue weighted by atomic mass is 32.1. The Morgan fingerprint density at radius 3 is 2.44 bits per heavy atom. The van der Waals surface area contributed by atoms with Gasteiger partial charge in [0.2, 0.25) is 0 Å². The molecule has 6 heteroatoms. The van der Waals surface area contributed by atoms with E-state index in [0.29, 0.717) is 11.3 Å². The topological polar surface area (TPSA) is 66.8 Å². The number of nitrogens with zero attached hydrogens (tertiary/aromatic N) is 1. The first kappa shape index (κ1) is 22.6. The first-order valence-electron chi connectivity index (χ1n) is 11.3. The van der Waals surface area contributed by atoms with E-state index in [1.807, 2.05) is 35.7 Å². The molecule has 1 aliphatic carbocycles. The molecule has 0 bridgehead atoms. The lowest BCUT2D eigenvalue weighted by Crippen LogP contribution is -2.40. The van der Waals surface area contributed by atoms with E-state index in [9.17, 15) is 14.7 Å². The van der Waals surface area contributed by atoms with Crippen LogP contribution in [0.25, 0.3) is 5.76 Å². The van der Waals surface area contributed by atoms with Gasteiger partial charge in [-0.15, -0.1) is 11.3 Å². The number of carbonyl (C=O) groups excluding carboxylic acids is 2. The van der Waals surface area contributed by atoms with Gasteiger partial charge in [-0.2, -0.15) is 0 Å². The molecule has 1 saturated heterocycles. The molecule has 0 radical (unpaired) electrons. The molecular weight excluding hydrogens is 422 g/mol. The zero-order chi connectivity index (χ0) is 23.0. The van der Waals surface area contributed by atoms with Crippen molar-refractivity contribution in [1.29, 1.82) is 0 Å². The number of ether oxygens (including phenoxy) is 1. The van der Waals surface area contributed by atoms with E-state index in [2.05, 4.69) is 20.8 Å². The highest BCUT2D eigenvalue weighted by molar-refractivity contribution is 7.10. The first-order chi connectivity index (χ1) is 15.2. The number of Topliss-reactive ketones (excluding diaryl/α,β-unsaturated/α-hetero) is 1. The second-order valence-corrected chi connectivity index (χ2v) is 10.7. The number of ketones is 1. The number of amides is 1. The second-order valence-electron chi connectivity index (χ2n) is 9.68. The Hall–Kier alpha value is -2.60. The van der Waals surface area contributed by atoms with Crippen LogP contribution in [0.2, 0.25) is 0 Å². The second kappa shape index (κ2) is 8.74. The molecule has 1 amide bonds. The summed E-state index contributed by atoms with van der Waals surface area (Å²) in [4.78, 5) is 29.2. The first-order valence-corrected chi connectivity index (χ1v) is 12.1. The summed E-state index contributed by atoms with van der Waals surface area (Å²) < 4.78 is 5.52. The fourth-order valence-corrected chi connectivity index (χ4v) is 5.65. The quantitative estimate of drug-likeness (QED) is 0.360. The lowest BCUT2D eigenvalue weighted by Gasteiger charge is -2.35. The lowest BCUT2D eigenvalue weighted by molar-refractivity contribution is -0.141. The van der Waals surface area contributed by atoms with Crippen molar-refractivity contribution in [1.82, 2.24) is 4.90 Å². The number of carbonyl (C=O) groups is 2. The third-order valence-corrected chi connectivity index (χ3v) is 7.51. The van der Waals surface area contributed by atoms with Crippen LogP contribution in [-0.2, 0) is 15.0 Å². The summed E-state index contributed by atoms with van der Waals surface area (Å²) in [5.74, 6) is -0.815. The van der Waals surface area contributed by atoms with Crippen LogP contribution >= 0.6 is 11.3 Å². The number of rotatable bonds is 4. The van der Waals surface area contributed by atoms with Gasteiger partial charge in [0.05, 0.1) is 24.3 Å². The molecule has 1 aliphatic heterocycles. The Morgan fingerprint density at radius 2 is 1.84 bits per heavy atom. The van der Waals surface area contributed by atoms with Gasteiger partial charge in [-0.25, -0.2) is 0 Å². The largest absolute Gasteiger partial charge is 0.507 e. The molecule has 4 rings (SSSR count). The molecule has 32 heavy (non-hydrogen) atoms. The molecule has 2 fully saturated rings. The molecule has 5 nitrogen and oxygen atoms in total. The molecule has 1 aromatic carbocycles. The standard InChI is InChI=1S/C26H31NO4S/c1-26(2,3)16-12-13-19(31-4)18(15-16)23(28)21-22(20-11-8-14-32-20)27(25(30)24(21)29)17-9-6-5-7-10-17/h8,11-15,17,22,28H,5-7,9-10H2,1-4H3/b23-21+. The molecule has 2 aliphatic rings. The van der Waals surface area contributed by atoms with Crippen molar-refractivity contribution in [3.63, 3.8) is 0 Å². The fourth-order valence-electron chi connectivity index (χ4n) is 4.82. The molecule has 2 aromatic rings. The monoisotopic (exact) mass is 453 g/mol. The maximum absolute atomic E-state index is 13.3. The summed E-state index contributed by atoms with van der Waals surface area (Å²) in [6.07, 6.45) is 5.02. The number of hydrogen-bond donors (Lipinski definition) is 1. The Kier molecular flexibility index (Phi) is 6.17. The Bertz CT molecular complexity index is 1040. The average molecular weight is 454 g/mol. The minimum Gasteiger partial charge on any atom is -0.507 e. The van der Waals surface area contributed by atoms with Crippen molar-refractivity contribution >= 4 is 28.8 Å². The molecule has 1 saturated carbocycles. The van der Waals surface area contributed by atoms with Gasteiger partial charge >= 0.3 is 0 Å². The third-order valence-electron chi connectivity index (χ3n) is 6.58. The van der Waals surface area contributed by atoms with Gasteiger partial charge in [-0.1, -0.05) is 52.2 Å². The number of likely N-dealkylation sites (tertiary alicyclic amines) is 1. The predicted octanol–water partition coefficient (Wildman–Crippen LogP) is 5.81. The molecule has 1 atom stereocenters. The van der Waals surface area contributed by atoms with Gasteiger partial charge in [0, 0.05) is 10.9 Å². The number of benzene rings is 1. The number of methoxy groups -OCH3 is 1. The van der Waals surface area contributed by atoms with Gasteiger partial charge in [0.15, 0.2) is 0 Å². The van der Waals surface area contributed by atoms with Crippen LogP contribution in [0.1, 0.15) is 74.9 Å². The zero-order valence-corrected chi connectivity index (χ0v) is 20.0. The van der Waals surface area contributed by atoms with E-state index >= 15 is 0 Å². The molecule has 1 unspecified atom stereocenters. The molecular formula is C26H31NO4S. The van der Waals surface area contributed by atoms with E-state index in [-0.39, 0.29) is 22.8 Å². The Morgan fingerprint density at radius 1 is 1.12 bits per heavy atom. The summed E-state index contributed by atoms with van der Waals surface area (Å²) in [6.45, 7) is 6.27. The van der Waals surface area contributed by atoms with E-state index in [1.165, 1.54) is 11.3 Å². The molecule has 2 heterocycles. The van der Waals surface area contributed by atoms with Gasteiger partial charge in [0.25, 0.3) is 11.7 Å². The lowest BCUT2D eigenvalue weighted by atomic mass is 9.85. The number of thiophene rings is 1. The van der Waals surface area contributed by atoms with Crippen LogP contribution in [0, 0.1) is 0 Å². The van der Waals surface area contributed by atoms with Gasteiger partial charge < -0.3 is 14.7 Å². The Balaban J connectivity index is 1.90. The van der Waals surface area contributed by atoms with Gasteiger partial charge in [0.1, 0.15) is 11.5 Å². The van der Waals surface area contributed by atoms with Gasteiger partial charge in [-0.05, 0) is 47.4 Å². The van der Waals surface area contributed by atoms with Crippen LogP contribution in [0.5, 0.6) is 5.75 Å². The van der Waals surface area contributed by atoms with Crippen molar-refractivity contribution in [2.45, 2.75) is 70.4 Å². The molecule has 170 valence electrons. The number of hydrogen-bond acceptors (Lipinski definition) is 5. The highest BCUT2D eigenvalue weighted by Crippen LogP contribution is 2.45. The molecule has 0 spiro atoms. The minimum atomic E-state index is -0.616. The van der Waals surface area contributed by atoms with E-state index < -0.39 is 17.7 Å². The normalized spacial score (nSPS) is 21.9. The SMILES string of the molecule is COc1ccc(C(C)(C)C)cc1/C(O)=C1\C(=O)C(=O)N(C2CCCCC2)C1c1cccs1. The van der Waals surface area contributed by atoms with Crippen molar-refractivity contribution in [2.75, 3.05) is 7.11 Å². The maximum Gasteiger partial charge on any atom is 0.295 e. The van der Waals surface area contributed by atoms with Crippen LogP contribution in [0.4, 0.5) is 0 Å². The number of aliphatic hydroxyl groups excluding tert-OH is 1. The molecule has 1 N–H and O–H groups in total. The van der Waals surface area contributed by atoms with E-state index in [1.54, 1.807) is 12.0 Å². The van der Waals surface area contributed by atoms with Gasteiger partial charge in [-0.3, -0.25) is 9.59 Å². The third kappa shape index (κ3) is 3.96. The minimum absolute atomic E-state index is 0.0143. The van der Waals surface area contributed by atoms with Crippen LogP contribution < -0.4 is 4.74 Å². The highest BCUT2D eigenvalue weighted by Gasteiger charge is 2.49. The Labute approximate surface area is 193 Å². The molecule has 1 aromatic heterocycles. The van der Waals surface area contributed by atoms with Crippen LogP contribution in [0.15, 0.2) is 41.3 Å². The van der Waals surface area contributed by atoms with E-state index in [0.717, 1.165) is 42.5 Å². The smallest absolute Gasteiger partial charge is 0.295 e. The van der Waals surface area contributed by atoms with Crippen molar-refractivity contribution in [3.8, 4) is 5.75 Å². The van der Waals surface area contributed by atoms with E-state index in [4.69, 9.17) is 4.74 Å².